The van der Waals surface area contributed by atoms with Gasteiger partial charge in [-0.2, -0.15) is 0 Å². The lowest BCUT2D eigenvalue weighted by Gasteiger charge is -2.31. The van der Waals surface area contributed by atoms with Crippen LogP contribution in [0.25, 0.3) is 0 Å². The zero-order valence-corrected chi connectivity index (χ0v) is 11.6. The van der Waals surface area contributed by atoms with Crippen LogP contribution in [0.4, 0.5) is 5.82 Å². The number of anilines is 1. The van der Waals surface area contributed by atoms with Crippen molar-refractivity contribution in [2.24, 2.45) is 0 Å². The standard InChI is InChI=1S/C13H19N3O2S/c17-19(18,12-4-5-12)16-9-6-11(7-10-16)15-13-3-1-2-8-14-13/h1-3,8,11-12H,4-7,9-10H2,(H,14,15). The number of rotatable bonds is 4. The Bertz CT molecular complexity index is 520. The van der Waals surface area contributed by atoms with Gasteiger partial charge in [-0.05, 0) is 37.8 Å². The Balaban J connectivity index is 1.55. The van der Waals surface area contributed by atoms with Crippen molar-refractivity contribution >= 4 is 15.8 Å². The van der Waals surface area contributed by atoms with Crippen molar-refractivity contribution in [2.45, 2.75) is 37.0 Å². The van der Waals surface area contributed by atoms with E-state index in [0.717, 1.165) is 31.5 Å². The molecule has 2 aliphatic rings. The molecular formula is C13H19N3O2S. The van der Waals surface area contributed by atoms with Crippen LogP contribution in [0.1, 0.15) is 25.7 Å². The van der Waals surface area contributed by atoms with Crippen LogP contribution in [-0.4, -0.2) is 42.1 Å². The number of sulfonamides is 1. The molecule has 0 spiro atoms. The molecule has 2 fully saturated rings. The van der Waals surface area contributed by atoms with E-state index in [9.17, 15) is 8.42 Å². The largest absolute Gasteiger partial charge is 0.367 e. The fourth-order valence-corrected chi connectivity index (χ4v) is 4.36. The molecular weight excluding hydrogens is 262 g/mol. The molecule has 1 saturated heterocycles. The molecule has 0 bridgehead atoms. The predicted molar refractivity (Wildman–Crippen MR) is 74.4 cm³/mol. The summed E-state index contributed by atoms with van der Waals surface area (Å²) in [5, 5.41) is 3.28. The Labute approximate surface area is 114 Å². The third-order valence-corrected chi connectivity index (χ3v) is 6.18. The van der Waals surface area contributed by atoms with Gasteiger partial charge in [0.2, 0.25) is 10.0 Å². The smallest absolute Gasteiger partial charge is 0.216 e. The summed E-state index contributed by atoms with van der Waals surface area (Å²) in [5.74, 6) is 0.867. The summed E-state index contributed by atoms with van der Waals surface area (Å²) < 4.78 is 25.9. The highest BCUT2D eigenvalue weighted by atomic mass is 32.2. The van der Waals surface area contributed by atoms with Crippen molar-refractivity contribution in [3.63, 3.8) is 0 Å². The monoisotopic (exact) mass is 281 g/mol. The lowest BCUT2D eigenvalue weighted by atomic mass is 10.1. The van der Waals surface area contributed by atoms with Crippen molar-refractivity contribution in [3.05, 3.63) is 24.4 Å². The van der Waals surface area contributed by atoms with Gasteiger partial charge >= 0.3 is 0 Å². The Hall–Kier alpha value is -1.14. The number of pyridine rings is 1. The second-order valence-electron chi connectivity index (χ2n) is 5.28. The lowest BCUT2D eigenvalue weighted by molar-refractivity contribution is 0.329. The summed E-state index contributed by atoms with van der Waals surface area (Å²) in [4.78, 5) is 4.24. The minimum Gasteiger partial charge on any atom is -0.367 e. The van der Waals surface area contributed by atoms with Gasteiger partial charge in [-0.3, -0.25) is 0 Å². The van der Waals surface area contributed by atoms with Crippen molar-refractivity contribution in [2.75, 3.05) is 18.4 Å². The van der Waals surface area contributed by atoms with Crippen LogP contribution >= 0.6 is 0 Å². The number of nitrogens with zero attached hydrogens (tertiary/aromatic N) is 2. The Morgan fingerprint density at radius 3 is 2.47 bits per heavy atom. The normalized spacial score (nSPS) is 22.3. The van der Waals surface area contributed by atoms with Gasteiger partial charge in [0.1, 0.15) is 5.82 Å². The molecule has 1 N–H and O–H groups in total. The molecule has 0 radical (unpaired) electrons. The lowest BCUT2D eigenvalue weighted by Crippen LogP contribution is -2.43. The first kappa shape index (κ1) is 12.9. The van der Waals surface area contributed by atoms with Gasteiger partial charge in [0.25, 0.3) is 0 Å². The second-order valence-corrected chi connectivity index (χ2v) is 7.49. The van der Waals surface area contributed by atoms with Crippen LogP contribution in [0.5, 0.6) is 0 Å². The zero-order valence-electron chi connectivity index (χ0n) is 10.8. The van der Waals surface area contributed by atoms with E-state index in [0.29, 0.717) is 19.1 Å². The first-order chi connectivity index (χ1) is 9.16. The predicted octanol–water partition coefficient (Wildman–Crippen LogP) is 1.45. The minimum atomic E-state index is -3.00. The minimum absolute atomic E-state index is 0.0900. The molecule has 1 aromatic heterocycles. The SMILES string of the molecule is O=S(=O)(C1CC1)N1CCC(Nc2ccccn2)CC1. The molecule has 1 saturated carbocycles. The third-order valence-electron chi connectivity index (χ3n) is 3.78. The Morgan fingerprint density at radius 2 is 1.89 bits per heavy atom. The molecule has 6 heteroatoms. The topological polar surface area (TPSA) is 62.3 Å². The van der Waals surface area contributed by atoms with E-state index in [1.54, 1.807) is 10.5 Å². The Morgan fingerprint density at radius 1 is 1.16 bits per heavy atom. The highest BCUT2D eigenvalue weighted by molar-refractivity contribution is 7.90. The molecule has 3 rings (SSSR count). The van der Waals surface area contributed by atoms with E-state index in [4.69, 9.17) is 0 Å². The summed E-state index contributed by atoms with van der Waals surface area (Å²) in [6, 6.07) is 6.09. The molecule has 0 amide bonds. The highest BCUT2D eigenvalue weighted by Crippen LogP contribution is 2.32. The maximum atomic E-state index is 12.1. The summed E-state index contributed by atoms with van der Waals surface area (Å²) in [6.07, 6.45) is 5.14. The van der Waals surface area contributed by atoms with E-state index in [1.165, 1.54) is 0 Å². The van der Waals surface area contributed by atoms with Crippen LogP contribution in [0.2, 0.25) is 0 Å². The third kappa shape index (κ3) is 2.90. The van der Waals surface area contributed by atoms with Gasteiger partial charge in [-0.1, -0.05) is 6.07 Å². The summed E-state index contributed by atoms with van der Waals surface area (Å²) >= 11 is 0. The van der Waals surface area contributed by atoms with Crippen LogP contribution in [-0.2, 0) is 10.0 Å². The van der Waals surface area contributed by atoms with Crippen molar-refractivity contribution in [1.82, 2.24) is 9.29 Å². The van der Waals surface area contributed by atoms with E-state index < -0.39 is 10.0 Å². The average Bonchev–Trinajstić information content (AvgIpc) is 3.25. The molecule has 2 heterocycles. The van der Waals surface area contributed by atoms with E-state index in [2.05, 4.69) is 10.3 Å². The van der Waals surface area contributed by atoms with E-state index in [-0.39, 0.29) is 5.25 Å². The van der Waals surface area contributed by atoms with Crippen LogP contribution < -0.4 is 5.32 Å². The van der Waals surface area contributed by atoms with Gasteiger partial charge in [-0.15, -0.1) is 0 Å². The maximum Gasteiger partial charge on any atom is 0.216 e. The molecule has 1 aliphatic carbocycles. The Kier molecular flexibility index (Phi) is 3.45. The van der Waals surface area contributed by atoms with Gasteiger partial charge in [0, 0.05) is 25.3 Å². The first-order valence-electron chi connectivity index (χ1n) is 6.83. The molecule has 0 aromatic carbocycles. The number of aromatic nitrogens is 1. The van der Waals surface area contributed by atoms with Crippen molar-refractivity contribution in [3.8, 4) is 0 Å². The molecule has 19 heavy (non-hydrogen) atoms. The second kappa shape index (κ2) is 5.09. The molecule has 0 unspecified atom stereocenters. The molecule has 1 aliphatic heterocycles. The summed E-state index contributed by atoms with van der Waals surface area (Å²) in [7, 11) is -3.00. The van der Waals surface area contributed by atoms with Gasteiger partial charge in [0.05, 0.1) is 5.25 Å². The number of nitrogens with one attached hydrogen (secondary N) is 1. The average molecular weight is 281 g/mol. The van der Waals surface area contributed by atoms with Gasteiger partial charge < -0.3 is 5.32 Å². The summed E-state index contributed by atoms with van der Waals surface area (Å²) in [6.45, 7) is 1.26. The van der Waals surface area contributed by atoms with E-state index >= 15 is 0 Å². The first-order valence-corrected chi connectivity index (χ1v) is 8.33. The number of hydrogen-bond donors (Lipinski definition) is 1. The molecule has 104 valence electrons. The molecule has 5 nitrogen and oxygen atoms in total. The van der Waals surface area contributed by atoms with Crippen LogP contribution in [0.15, 0.2) is 24.4 Å². The van der Waals surface area contributed by atoms with Gasteiger partial charge in [-0.25, -0.2) is 17.7 Å². The zero-order chi connectivity index (χ0) is 13.3. The molecule has 1 aromatic rings. The van der Waals surface area contributed by atoms with E-state index in [1.807, 2.05) is 18.2 Å². The van der Waals surface area contributed by atoms with Crippen molar-refractivity contribution < 1.29 is 8.42 Å². The van der Waals surface area contributed by atoms with Crippen LogP contribution in [0.3, 0.4) is 0 Å². The van der Waals surface area contributed by atoms with Crippen LogP contribution in [0, 0.1) is 0 Å². The quantitative estimate of drug-likeness (QED) is 0.907. The van der Waals surface area contributed by atoms with Gasteiger partial charge in [0.15, 0.2) is 0 Å². The van der Waals surface area contributed by atoms with Crippen molar-refractivity contribution in [1.29, 1.82) is 0 Å². The maximum absolute atomic E-state index is 12.1. The highest BCUT2D eigenvalue weighted by Gasteiger charge is 2.41. The number of hydrogen-bond acceptors (Lipinski definition) is 4. The number of piperidine rings is 1. The fourth-order valence-electron chi connectivity index (χ4n) is 2.49. The fraction of sp³-hybridized carbons (Fsp3) is 0.615. The summed E-state index contributed by atoms with van der Waals surface area (Å²) in [5.41, 5.74) is 0. The molecule has 0 atom stereocenters.